The maximum Gasteiger partial charge on any atom is 0.327 e. The Bertz CT molecular complexity index is 1250. The highest BCUT2D eigenvalue weighted by Crippen LogP contribution is 2.59. The molecule has 4 heterocycles. The van der Waals surface area contributed by atoms with Gasteiger partial charge in [0.05, 0.1) is 11.4 Å². The van der Waals surface area contributed by atoms with Crippen molar-refractivity contribution in [2.45, 2.75) is 43.4 Å². The number of nitrogens with zero attached hydrogens (tertiary/aromatic N) is 2. The summed E-state index contributed by atoms with van der Waals surface area (Å²) in [5.41, 5.74) is 1.80. The molecule has 1 spiro atoms. The van der Waals surface area contributed by atoms with E-state index in [-0.39, 0.29) is 12.8 Å². The summed E-state index contributed by atoms with van der Waals surface area (Å²) in [6.07, 6.45) is 3.87. The van der Waals surface area contributed by atoms with E-state index in [1.807, 2.05) is 35.2 Å². The number of benzene rings is 2. The van der Waals surface area contributed by atoms with Crippen molar-refractivity contribution in [3.63, 3.8) is 0 Å². The van der Waals surface area contributed by atoms with E-state index in [4.69, 9.17) is 9.47 Å². The van der Waals surface area contributed by atoms with Crippen LogP contribution < -0.4 is 14.4 Å². The molecule has 2 atom stereocenters. The van der Waals surface area contributed by atoms with Crippen LogP contribution in [0.5, 0.6) is 11.5 Å². The summed E-state index contributed by atoms with van der Waals surface area (Å²) in [7, 11) is 0. The van der Waals surface area contributed by atoms with Crippen LogP contribution in [-0.2, 0) is 12.0 Å². The number of fused-ring (bicyclic) bond motifs is 4. The Kier molecular flexibility index (Phi) is 3.23. The number of aliphatic hydroxyl groups is 1. The minimum Gasteiger partial charge on any atom is -0.454 e. The second-order valence-corrected chi connectivity index (χ2v) is 8.97. The number of urea groups is 1. The summed E-state index contributed by atoms with van der Waals surface area (Å²) < 4.78 is 11.0. The normalized spacial score (nSPS) is 28.6. The summed E-state index contributed by atoms with van der Waals surface area (Å²) >= 11 is 0. The highest BCUT2D eigenvalue weighted by atomic mass is 16.7. The third kappa shape index (κ3) is 1.96. The molecule has 31 heavy (non-hydrogen) atoms. The number of aromatic nitrogens is 1. The molecule has 4 aliphatic rings. The second-order valence-electron chi connectivity index (χ2n) is 8.97. The smallest absolute Gasteiger partial charge is 0.327 e. The van der Waals surface area contributed by atoms with E-state index in [0.29, 0.717) is 30.2 Å². The lowest BCUT2D eigenvalue weighted by Gasteiger charge is -2.51. The van der Waals surface area contributed by atoms with Crippen molar-refractivity contribution in [1.82, 2.24) is 9.88 Å². The van der Waals surface area contributed by atoms with Gasteiger partial charge in [0, 0.05) is 23.5 Å². The molecule has 0 radical (unpaired) electrons. The molecule has 3 aromatic rings. The Balaban J connectivity index is 1.47. The molecule has 7 nitrogen and oxygen atoms in total. The van der Waals surface area contributed by atoms with E-state index in [2.05, 4.69) is 17.1 Å². The summed E-state index contributed by atoms with van der Waals surface area (Å²) in [6, 6.07) is 13.6. The maximum absolute atomic E-state index is 13.8. The minimum absolute atomic E-state index is 0.146. The van der Waals surface area contributed by atoms with Crippen LogP contribution in [0.3, 0.4) is 0 Å². The molecule has 1 aliphatic carbocycles. The predicted octanol–water partition coefficient (Wildman–Crippen LogP) is 3.85. The van der Waals surface area contributed by atoms with Gasteiger partial charge in [0.2, 0.25) is 6.79 Å². The van der Waals surface area contributed by atoms with Crippen LogP contribution in [0, 0.1) is 0 Å². The summed E-state index contributed by atoms with van der Waals surface area (Å²) in [6.45, 7) is 0.766. The lowest BCUT2D eigenvalue weighted by Crippen LogP contribution is -2.63. The summed E-state index contributed by atoms with van der Waals surface area (Å²) in [5, 5.41) is 13.6. The van der Waals surface area contributed by atoms with Gasteiger partial charge in [0.1, 0.15) is 5.54 Å². The fourth-order valence-electron chi connectivity index (χ4n) is 6.38. The number of aromatic amines is 1. The number of amides is 2. The number of carbonyl (C=O) groups excluding carboxylic acids is 1. The molecule has 2 fully saturated rings. The van der Waals surface area contributed by atoms with Gasteiger partial charge < -0.3 is 24.5 Å². The third-order valence-electron chi connectivity index (χ3n) is 7.66. The van der Waals surface area contributed by atoms with Gasteiger partial charge in [-0.2, -0.15) is 0 Å². The first-order valence-corrected chi connectivity index (χ1v) is 11.0. The first-order chi connectivity index (χ1) is 15.1. The van der Waals surface area contributed by atoms with Gasteiger partial charge in [-0.15, -0.1) is 0 Å². The fraction of sp³-hybridized carbons (Fsp3) is 0.375. The maximum atomic E-state index is 13.8. The molecule has 2 unspecified atom stereocenters. The van der Waals surface area contributed by atoms with E-state index in [1.165, 1.54) is 10.9 Å². The zero-order valence-electron chi connectivity index (χ0n) is 17.1. The molecular weight excluding hydrogens is 394 g/mol. The van der Waals surface area contributed by atoms with Crippen LogP contribution in [0.25, 0.3) is 10.9 Å². The first-order valence-electron chi connectivity index (χ1n) is 11.0. The number of para-hydroxylation sites is 1. The number of anilines is 1. The van der Waals surface area contributed by atoms with Crippen molar-refractivity contribution in [1.29, 1.82) is 0 Å². The zero-order valence-corrected chi connectivity index (χ0v) is 17.1. The van der Waals surface area contributed by atoms with Crippen molar-refractivity contribution in [3.05, 3.63) is 53.7 Å². The van der Waals surface area contributed by atoms with Crippen molar-refractivity contribution in [3.8, 4) is 11.5 Å². The SMILES string of the molecule is O=C1N(c2ccc3c(c2)OCO3)C2(O)CCCCC23c2[nH]c4ccccc4c2CCN13. The Morgan fingerprint density at radius 2 is 1.87 bits per heavy atom. The van der Waals surface area contributed by atoms with Crippen molar-refractivity contribution in [2.24, 2.45) is 0 Å². The standard InChI is InChI=1S/C24H23N3O4/c28-22-26-12-9-17-16-5-1-2-6-18(16)25-21(17)23(26)10-3-4-11-24(23,29)27(22)15-7-8-19-20(13-15)31-14-30-19/h1-2,5-8,13,25,29H,3-4,9-12,14H2. The van der Waals surface area contributed by atoms with E-state index < -0.39 is 11.3 Å². The summed E-state index contributed by atoms with van der Waals surface area (Å²) in [4.78, 5) is 21.0. The average Bonchev–Trinajstić information content (AvgIpc) is 3.45. The van der Waals surface area contributed by atoms with Crippen LogP contribution in [-0.4, -0.2) is 40.1 Å². The Hall–Kier alpha value is -3.19. The monoisotopic (exact) mass is 417 g/mol. The van der Waals surface area contributed by atoms with Gasteiger partial charge >= 0.3 is 6.03 Å². The predicted molar refractivity (Wildman–Crippen MR) is 114 cm³/mol. The third-order valence-corrected chi connectivity index (χ3v) is 7.66. The highest BCUT2D eigenvalue weighted by Gasteiger charge is 2.70. The van der Waals surface area contributed by atoms with Crippen LogP contribution in [0.4, 0.5) is 10.5 Å². The number of hydrogen-bond acceptors (Lipinski definition) is 4. The Labute approximate surface area is 179 Å². The first kappa shape index (κ1) is 17.5. The number of ether oxygens (including phenoxy) is 2. The molecule has 1 saturated heterocycles. The Morgan fingerprint density at radius 1 is 1.03 bits per heavy atom. The van der Waals surface area contributed by atoms with Crippen LogP contribution in [0.2, 0.25) is 0 Å². The van der Waals surface area contributed by atoms with Gasteiger partial charge in [0.25, 0.3) is 0 Å². The van der Waals surface area contributed by atoms with E-state index in [0.717, 1.165) is 36.9 Å². The Morgan fingerprint density at radius 3 is 2.81 bits per heavy atom. The van der Waals surface area contributed by atoms with Crippen molar-refractivity contribution >= 4 is 22.6 Å². The van der Waals surface area contributed by atoms with Gasteiger partial charge in [-0.25, -0.2) is 4.79 Å². The summed E-state index contributed by atoms with van der Waals surface area (Å²) in [5.74, 6) is 1.27. The van der Waals surface area contributed by atoms with Gasteiger partial charge in [0.15, 0.2) is 17.2 Å². The van der Waals surface area contributed by atoms with E-state index in [9.17, 15) is 9.90 Å². The lowest BCUT2D eigenvalue weighted by atomic mass is 9.69. The van der Waals surface area contributed by atoms with Crippen molar-refractivity contribution < 1.29 is 19.4 Å². The lowest BCUT2D eigenvalue weighted by molar-refractivity contribution is -0.0987. The van der Waals surface area contributed by atoms with Crippen LogP contribution in [0.1, 0.15) is 36.9 Å². The quantitative estimate of drug-likeness (QED) is 0.630. The van der Waals surface area contributed by atoms with E-state index >= 15 is 0 Å². The molecular formula is C24H23N3O4. The number of H-pyrrole nitrogens is 1. The molecule has 3 aliphatic heterocycles. The highest BCUT2D eigenvalue weighted by molar-refractivity contribution is 5.99. The second kappa shape index (κ2) is 5.73. The topological polar surface area (TPSA) is 78.0 Å². The van der Waals surface area contributed by atoms with Crippen LogP contribution >= 0.6 is 0 Å². The molecule has 7 heteroatoms. The molecule has 0 bridgehead atoms. The number of carbonyl (C=O) groups is 1. The molecule has 2 N–H and O–H groups in total. The fourth-order valence-corrected chi connectivity index (χ4v) is 6.38. The molecule has 7 rings (SSSR count). The molecule has 158 valence electrons. The molecule has 1 aromatic heterocycles. The largest absolute Gasteiger partial charge is 0.454 e. The van der Waals surface area contributed by atoms with Gasteiger partial charge in [-0.3, -0.25) is 4.90 Å². The van der Waals surface area contributed by atoms with Gasteiger partial charge in [-0.05, 0) is 49.4 Å². The number of hydrogen-bond donors (Lipinski definition) is 2. The van der Waals surface area contributed by atoms with Crippen LogP contribution in [0.15, 0.2) is 42.5 Å². The average molecular weight is 417 g/mol. The molecule has 2 aromatic carbocycles. The zero-order chi connectivity index (χ0) is 20.8. The molecule has 1 saturated carbocycles. The van der Waals surface area contributed by atoms with Gasteiger partial charge in [-0.1, -0.05) is 24.6 Å². The minimum atomic E-state index is -1.34. The number of rotatable bonds is 1. The van der Waals surface area contributed by atoms with Crippen molar-refractivity contribution in [2.75, 3.05) is 18.2 Å². The molecule has 2 amide bonds. The van der Waals surface area contributed by atoms with E-state index in [1.54, 1.807) is 4.90 Å². The number of nitrogens with one attached hydrogen (secondary N) is 1.